The highest BCUT2D eigenvalue weighted by Gasteiger charge is 2.31. The molecule has 34 heavy (non-hydrogen) atoms. The van der Waals surface area contributed by atoms with Gasteiger partial charge in [-0.1, -0.05) is 61.6 Å². The predicted octanol–water partition coefficient (Wildman–Crippen LogP) is 8.21. The van der Waals surface area contributed by atoms with Crippen LogP contribution in [0, 0.1) is 0 Å². The van der Waals surface area contributed by atoms with E-state index in [1.54, 1.807) is 25.2 Å². The second kappa shape index (κ2) is 15.3. The predicted molar refractivity (Wildman–Crippen MR) is 140 cm³/mol. The topological polar surface area (TPSA) is 35.8 Å². The van der Waals surface area contributed by atoms with Gasteiger partial charge in [0.05, 0.1) is 12.1 Å². The van der Waals surface area contributed by atoms with Gasteiger partial charge >= 0.3 is 6.18 Å². The number of aliphatic hydroxyl groups excluding tert-OH is 1. The zero-order valence-electron chi connectivity index (χ0n) is 21.9. The van der Waals surface area contributed by atoms with Gasteiger partial charge in [0, 0.05) is 17.0 Å². The van der Waals surface area contributed by atoms with Crippen molar-refractivity contribution in [3.63, 3.8) is 0 Å². The van der Waals surface area contributed by atoms with Gasteiger partial charge in [-0.05, 0) is 73.0 Å². The molecule has 0 saturated carbocycles. The molecular weight excluding hydrogens is 437 g/mol. The fourth-order valence-electron chi connectivity index (χ4n) is 3.30. The van der Waals surface area contributed by atoms with Crippen molar-refractivity contribution in [1.82, 2.24) is 4.90 Å². The second-order valence-electron chi connectivity index (χ2n) is 8.35. The third-order valence-electron chi connectivity index (χ3n) is 5.12. The second-order valence-corrected chi connectivity index (χ2v) is 8.35. The van der Waals surface area contributed by atoms with Crippen molar-refractivity contribution in [1.29, 1.82) is 0 Å². The van der Waals surface area contributed by atoms with E-state index in [9.17, 15) is 18.3 Å². The van der Waals surface area contributed by atoms with E-state index in [0.717, 1.165) is 22.9 Å². The smallest absolute Gasteiger partial charge is 0.389 e. The number of alkyl halides is 3. The van der Waals surface area contributed by atoms with Crippen LogP contribution in [0.2, 0.25) is 0 Å². The Morgan fingerprint density at radius 3 is 2.15 bits per heavy atom. The molecule has 0 aromatic carbocycles. The van der Waals surface area contributed by atoms with Gasteiger partial charge < -0.3 is 10.0 Å². The molecule has 0 aliphatic carbocycles. The Labute approximate surface area is 204 Å². The van der Waals surface area contributed by atoms with E-state index >= 15 is 0 Å². The van der Waals surface area contributed by atoms with Crippen LogP contribution in [-0.2, 0) is 0 Å². The van der Waals surface area contributed by atoms with Crippen LogP contribution >= 0.6 is 0 Å². The molecule has 1 N–H and O–H groups in total. The Hall–Kier alpha value is -2.60. The number of hydrogen-bond donors (Lipinski definition) is 1. The van der Waals surface area contributed by atoms with Gasteiger partial charge in [0.15, 0.2) is 0 Å². The number of halogens is 3. The molecular formula is C28H41F3N2O. The van der Waals surface area contributed by atoms with E-state index in [1.807, 2.05) is 64.7 Å². The monoisotopic (exact) mass is 478 g/mol. The lowest BCUT2D eigenvalue weighted by Crippen LogP contribution is -2.37. The number of aliphatic hydroxyl groups is 1. The number of nitrogens with zero attached hydrogens (tertiary/aromatic N) is 2. The molecule has 0 heterocycles. The first-order valence-electron chi connectivity index (χ1n) is 11.5. The molecule has 190 valence electrons. The Balaban J connectivity index is 6.38. The van der Waals surface area contributed by atoms with Crippen LogP contribution in [0.15, 0.2) is 88.3 Å². The minimum absolute atomic E-state index is 0.104. The SMILES string of the molecule is C=C/C(=C\C=C(C)C)C(C)N(C(C)=N/C(C)=C/C=C(\CC)C(F)(F)F)/C(C)=C/CC(O)/C=C\C. The van der Waals surface area contributed by atoms with Gasteiger partial charge in [0.2, 0.25) is 0 Å². The lowest BCUT2D eigenvalue weighted by molar-refractivity contribution is -0.0935. The lowest BCUT2D eigenvalue weighted by Gasteiger charge is -2.33. The summed E-state index contributed by atoms with van der Waals surface area (Å²) in [5, 5.41) is 10.1. The van der Waals surface area contributed by atoms with Gasteiger partial charge in [0.25, 0.3) is 0 Å². The first-order chi connectivity index (χ1) is 15.8. The molecule has 0 radical (unpaired) electrons. The van der Waals surface area contributed by atoms with Crippen LogP contribution in [0.25, 0.3) is 0 Å². The molecule has 2 atom stereocenters. The van der Waals surface area contributed by atoms with Crippen molar-refractivity contribution in [3.8, 4) is 0 Å². The lowest BCUT2D eigenvalue weighted by atomic mass is 10.0. The Kier molecular flexibility index (Phi) is 14.2. The fraction of sp³-hybridized carbons (Fsp3) is 0.464. The summed E-state index contributed by atoms with van der Waals surface area (Å²) in [5.41, 5.74) is 2.84. The summed E-state index contributed by atoms with van der Waals surface area (Å²) in [5.74, 6) is 0.624. The zero-order valence-corrected chi connectivity index (χ0v) is 21.9. The Morgan fingerprint density at radius 2 is 1.68 bits per heavy atom. The molecule has 6 heteroatoms. The first-order valence-corrected chi connectivity index (χ1v) is 11.5. The Morgan fingerprint density at radius 1 is 1.06 bits per heavy atom. The van der Waals surface area contributed by atoms with Crippen LogP contribution < -0.4 is 0 Å². The summed E-state index contributed by atoms with van der Waals surface area (Å²) < 4.78 is 39.1. The highest BCUT2D eigenvalue weighted by molar-refractivity contribution is 5.83. The highest BCUT2D eigenvalue weighted by atomic mass is 19.4. The molecule has 0 bridgehead atoms. The van der Waals surface area contributed by atoms with Gasteiger partial charge in [-0.2, -0.15) is 13.2 Å². The molecule has 0 saturated heterocycles. The maximum Gasteiger partial charge on any atom is 0.412 e. The van der Waals surface area contributed by atoms with E-state index in [-0.39, 0.29) is 12.5 Å². The Bertz CT molecular complexity index is 880. The number of allylic oxidation sites excluding steroid dienone is 9. The zero-order chi connectivity index (χ0) is 26.5. The molecule has 0 spiro atoms. The standard InChI is InChI=1S/C28H41F3N2O/c1-10-13-27(34)19-16-22(7)33(23(8)25(11-2)17-14-20(4)5)24(9)32-21(6)15-18-26(12-3)28(29,30)31/h10-11,13-18,23,27,34H,2,12,19H2,1,3-9H3/b13-10-,21-15+,22-16+,25-17+,26-18+,32-24?. The number of hydrogen-bond acceptors (Lipinski definition) is 2. The summed E-state index contributed by atoms with van der Waals surface area (Å²) in [7, 11) is 0. The molecule has 0 fully saturated rings. The molecule has 0 aromatic rings. The summed E-state index contributed by atoms with van der Waals surface area (Å²) in [6.07, 6.45) is 9.08. The minimum Gasteiger partial charge on any atom is -0.389 e. The highest BCUT2D eigenvalue weighted by Crippen LogP contribution is 2.28. The van der Waals surface area contributed by atoms with Crippen molar-refractivity contribution in [2.45, 2.75) is 86.6 Å². The average Bonchev–Trinajstić information content (AvgIpc) is 2.72. The normalized spacial score (nSPS) is 16.5. The van der Waals surface area contributed by atoms with E-state index in [0.29, 0.717) is 18.0 Å². The first kappa shape index (κ1) is 31.4. The third-order valence-corrected chi connectivity index (χ3v) is 5.12. The summed E-state index contributed by atoms with van der Waals surface area (Å²) in [6.45, 7) is 18.7. The molecule has 0 aliphatic heterocycles. The van der Waals surface area contributed by atoms with Crippen molar-refractivity contribution < 1.29 is 18.3 Å². The molecule has 3 nitrogen and oxygen atoms in total. The molecule has 0 amide bonds. The van der Waals surface area contributed by atoms with E-state index in [4.69, 9.17) is 0 Å². The van der Waals surface area contributed by atoms with Crippen molar-refractivity contribution >= 4 is 5.84 Å². The van der Waals surface area contributed by atoms with Crippen LogP contribution in [0.1, 0.15) is 68.2 Å². The van der Waals surface area contributed by atoms with Crippen LogP contribution in [-0.4, -0.2) is 34.2 Å². The number of rotatable bonds is 11. The van der Waals surface area contributed by atoms with Crippen LogP contribution in [0.3, 0.4) is 0 Å². The number of aliphatic imine (C=N–C) groups is 1. The summed E-state index contributed by atoms with van der Waals surface area (Å²) in [4.78, 5) is 6.58. The van der Waals surface area contributed by atoms with Gasteiger partial charge in [-0.25, -0.2) is 4.99 Å². The molecule has 0 aliphatic rings. The van der Waals surface area contributed by atoms with Gasteiger partial charge in [-0.15, -0.1) is 0 Å². The molecule has 2 unspecified atom stereocenters. The quantitative estimate of drug-likeness (QED) is 0.141. The van der Waals surface area contributed by atoms with E-state index in [2.05, 4.69) is 11.6 Å². The average molecular weight is 479 g/mol. The van der Waals surface area contributed by atoms with Crippen LogP contribution in [0.5, 0.6) is 0 Å². The van der Waals surface area contributed by atoms with Crippen molar-refractivity contribution in [2.75, 3.05) is 0 Å². The van der Waals surface area contributed by atoms with Gasteiger partial charge in [0.1, 0.15) is 5.84 Å². The number of amidine groups is 1. The van der Waals surface area contributed by atoms with E-state index in [1.165, 1.54) is 13.0 Å². The van der Waals surface area contributed by atoms with E-state index < -0.39 is 17.9 Å². The van der Waals surface area contributed by atoms with Crippen molar-refractivity contribution in [3.05, 3.63) is 83.3 Å². The van der Waals surface area contributed by atoms with Crippen molar-refractivity contribution in [2.24, 2.45) is 4.99 Å². The third kappa shape index (κ3) is 11.5. The van der Waals surface area contributed by atoms with Gasteiger partial charge in [-0.3, -0.25) is 0 Å². The largest absolute Gasteiger partial charge is 0.412 e. The maximum absolute atomic E-state index is 13.0. The maximum atomic E-state index is 13.0. The summed E-state index contributed by atoms with van der Waals surface area (Å²) in [6, 6.07) is -0.142. The summed E-state index contributed by atoms with van der Waals surface area (Å²) >= 11 is 0. The molecule has 0 aromatic heterocycles. The van der Waals surface area contributed by atoms with Crippen LogP contribution in [0.4, 0.5) is 13.2 Å². The molecule has 0 rings (SSSR count). The minimum atomic E-state index is -4.35. The fourth-order valence-corrected chi connectivity index (χ4v) is 3.30.